The first-order valence-corrected chi connectivity index (χ1v) is 9.67. The van der Waals surface area contributed by atoms with Crippen LogP contribution in [-0.2, 0) is 28.2 Å². The van der Waals surface area contributed by atoms with E-state index in [4.69, 9.17) is 4.74 Å². The van der Waals surface area contributed by atoms with Gasteiger partial charge in [-0.2, -0.15) is 0 Å². The maximum Gasteiger partial charge on any atom is 0.251 e. The second-order valence-corrected chi connectivity index (χ2v) is 7.80. The Labute approximate surface area is 159 Å². The van der Waals surface area contributed by atoms with Crippen molar-refractivity contribution in [3.63, 3.8) is 0 Å². The first-order valence-electron chi connectivity index (χ1n) is 9.67. The Morgan fingerprint density at radius 1 is 1.37 bits per heavy atom. The van der Waals surface area contributed by atoms with Crippen LogP contribution in [0.25, 0.3) is 0 Å². The zero-order chi connectivity index (χ0) is 18.9. The molecular weight excluding hydrogens is 342 g/mol. The number of ether oxygens (including phenoxy) is 1. The molecule has 1 atom stereocenters. The van der Waals surface area contributed by atoms with E-state index in [2.05, 4.69) is 30.8 Å². The monoisotopic (exact) mass is 369 g/mol. The van der Waals surface area contributed by atoms with E-state index < -0.39 is 11.7 Å². The fourth-order valence-corrected chi connectivity index (χ4v) is 4.07. The Morgan fingerprint density at radius 2 is 2.19 bits per heavy atom. The van der Waals surface area contributed by atoms with Crippen molar-refractivity contribution in [3.8, 4) is 0 Å². The summed E-state index contributed by atoms with van der Waals surface area (Å²) in [6, 6.07) is 4.18. The number of amides is 1. The number of nitrogens with zero attached hydrogens (tertiary/aromatic N) is 4. The van der Waals surface area contributed by atoms with Crippen LogP contribution in [0, 0.1) is 0 Å². The highest BCUT2D eigenvalue weighted by molar-refractivity contribution is 5.81. The van der Waals surface area contributed by atoms with Crippen molar-refractivity contribution in [2.24, 2.45) is 0 Å². The fraction of sp³-hybridized carbons (Fsp3) is 0.550. The number of aromatic nitrogens is 3. The molecule has 1 amide bonds. The van der Waals surface area contributed by atoms with Crippen LogP contribution in [0.3, 0.4) is 0 Å². The highest BCUT2D eigenvalue weighted by Crippen LogP contribution is 2.40. The summed E-state index contributed by atoms with van der Waals surface area (Å²) < 4.78 is 8.51. The van der Waals surface area contributed by atoms with E-state index in [-0.39, 0.29) is 11.9 Å². The second-order valence-electron chi connectivity index (χ2n) is 7.80. The molecule has 144 valence electrons. The molecule has 1 saturated heterocycles. The number of fused-ring (bicyclic) bond motifs is 2. The van der Waals surface area contributed by atoms with Gasteiger partial charge in [0.05, 0.1) is 6.54 Å². The molecule has 2 aromatic rings. The molecule has 7 heteroatoms. The molecule has 1 spiro atoms. The minimum absolute atomic E-state index is 0.0403. The van der Waals surface area contributed by atoms with E-state index in [9.17, 15) is 4.79 Å². The highest BCUT2D eigenvalue weighted by atomic mass is 16.5. The molecule has 0 bridgehead atoms. The number of likely N-dealkylation sites (tertiary alicyclic amines) is 1. The van der Waals surface area contributed by atoms with Crippen LogP contribution in [0.15, 0.2) is 36.9 Å². The van der Waals surface area contributed by atoms with Crippen molar-refractivity contribution in [1.82, 2.24) is 24.8 Å². The summed E-state index contributed by atoms with van der Waals surface area (Å²) in [5, 5.41) is 2.98. The van der Waals surface area contributed by atoms with E-state index in [0.717, 1.165) is 38.3 Å². The largest absolute Gasteiger partial charge is 0.352 e. The van der Waals surface area contributed by atoms with Gasteiger partial charge in [-0.3, -0.25) is 14.7 Å². The maximum atomic E-state index is 12.6. The maximum absolute atomic E-state index is 12.6. The Morgan fingerprint density at radius 3 is 2.89 bits per heavy atom. The molecule has 1 N–H and O–H groups in total. The number of hydrogen-bond acceptors (Lipinski definition) is 5. The lowest BCUT2D eigenvalue weighted by Gasteiger charge is -2.45. The van der Waals surface area contributed by atoms with Gasteiger partial charge in [-0.15, -0.1) is 0 Å². The van der Waals surface area contributed by atoms with E-state index in [1.807, 2.05) is 38.5 Å². The lowest BCUT2D eigenvalue weighted by Crippen LogP contribution is -2.54. The predicted molar refractivity (Wildman–Crippen MR) is 101 cm³/mol. The molecule has 1 fully saturated rings. The number of piperidine rings is 1. The van der Waals surface area contributed by atoms with Gasteiger partial charge in [0.1, 0.15) is 11.4 Å². The summed E-state index contributed by atoms with van der Waals surface area (Å²) in [4.78, 5) is 23.8. The molecule has 0 saturated carbocycles. The van der Waals surface area contributed by atoms with Gasteiger partial charge in [0.2, 0.25) is 0 Å². The molecule has 2 aliphatic rings. The van der Waals surface area contributed by atoms with Crippen molar-refractivity contribution in [2.45, 2.75) is 57.5 Å². The molecule has 4 heterocycles. The number of pyridine rings is 1. The van der Waals surface area contributed by atoms with Crippen molar-refractivity contribution < 1.29 is 9.53 Å². The summed E-state index contributed by atoms with van der Waals surface area (Å²) >= 11 is 0. The van der Waals surface area contributed by atoms with Crippen LogP contribution in [-0.4, -0.2) is 50.6 Å². The average molecular weight is 369 g/mol. The van der Waals surface area contributed by atoms with E-state index in [1.54, 1.807) is 6.20 Å². The molecule has 0 aromatic carbocycles. The SMILES string of the molecule is CC(C)NC(=O)[C@@H]1Cn2ccnc2C2(CCN(Cc3cccnc3)CC2)O1. The van der Waals surface area contributed by atoms with Gasteiger partial charge in [-0.05, 0) is 38.3 Å². The number of carbonyl (C=O) groups excluding carboxylic acids is 1. The molecule has 2 aliphatic heterocycles. The topological polar surface area (TPSA) is 72.3 Å². The van der Waals surface area contributed by atoms with Crippen molar-refractivity contribution in [2.75, 3.05) is 13.1 Å². The van der Waals surface area contributed by atoms with Gasteiger partial charge in [-0.1, -0.05) is 6.07 Å². The second kappa shape index (κ2) is 7.40. The molecule has 0 radical (unpaired) electrons. The third-order valence-electron chi connectivity index (χ3n) is 5.37. The number of carbonyl (C=O) groups is 1. The van der Waals surface area contributed by atoms with Crippen molar-refractivity contribution in [3.05, 3.63) is 48.3 Å². The molecular formula is C20H27N5O2. The molecule has 27 heavy (non-hydrogen) atoms. The molecule has 0 aliphatic carbocycles. The molecule has 2 aromatic heterocycles. The smallest absolute Gasteiger partial charge is 0.251 e. The van der Waals surface area contributed by atoms with Gasteiger partial charge in [0, 0.05) is 50.5 Å². The Balaban J connectivity index is 1.48. The first kappa shape index (κ1) is 18.1. The fourth-order valence-electron chi connectivity index (χ4n) is 4.07. The van der Waals surface area contributed by atoms with Gasteiger partial charge in [0.15, 0.2) is 6.10 Å². The van der Waals surface area contributed by atoms with Gasteiger partial charge in [0.25, 0.3) is 5.91 Å². The Hall–Kier alpha value is -2.25. The third kappa shape index (κ3) is 3.75. The normalized spacial score (nSPS) is 22.0. The van der Waals surface area contributed by atoms with Crippen LogP contribution in [0.4, 0.5) is 0 Å². The van der Waals surface area contributed by atoms with Crippen LogP contribution >= 0.6 is 0 Å². The first-order chi connectivity index (χ1) is 13.1. The minimum Gasteiger partial charge on any atom is -0.352 e. The van der Waals surface area contributed by atoms with Crippen LogP contribution < -0.4 is 5.32 Å². The minimum atomic E-state index is -0.480. The number of nitrogens with one attached hydrogen (secondary N) is 1. The number of imidazole rings is 1. The van der Waals surface area contributed by atoms with E-state index in [1.165, 1.54) is 5.56 Å². The Bertz CT molecular complexity index is 781. The van der Waals surface area contributed by atoms with Crippen LogP contribution in [0.1, 0.15) is 38.1 Å². The average Bonchev–Trinajstić information content (AvgIpc) is 3.14. The summed E-state index contributed by atoms with van der Waals surface area (Å²) in [5.41, 5.74) is 0.736. The summed E-state index contributed by atoms with van der Waals surface area (Å²) in [6.45, 7) is 7.15. The highest BCUT2D eigenvalue weighted by Gasteiger charge is 2.47. The van der Waals surface area contributed by atoms with Gasteiger partial charge in [-0.25, -0.2) is 4.98 Å². The van der Waals surface area contributed by atoms with Crippen LogP contribution in [0.2, 0.25) is 0 Å². The Kier molecular flexibility index (Phi) is 4.97. The molecule has 7 nitrogen and oxygen atoms in total. The van der Waals surface area contributed by atoms with Crippen molar-refractivity contribution in [1.29, 1.82) is 0 Å². The summed E-state index contributed by atoms with van der Waals surface area (Å²) in [5.74, 6) is 0.915. The van der Waals surface area contributed by atoms with Gasteiger partial charge >= 0.3 is 0 Å². The lowest BCUT2D eigenvalue weighted by molar-refractivity contribution is -0.174. The zero-order valence-corrected chi connectivity index (χ0v) is 16.0. The standard InChI is InChI=1S/C20H27N5O2/c1-15(2)23-18(26)17-14-25-11-8-22-19(25)20(27-17)5-9-24(10-6-20)13-16-4-3-7-21-12-16/h3-4,7-8,11-12,15,17H,5-6,9-10,13-14H2,1-2H3,(H,23,26)/t17-/m0/s1. The third-order valence-corrected chi connectivity index (χ3v) is 5.37. The van der Waals surface area contributed by atoms with Gasteiger partial charge < -0.3 is 14.6 Å². The number of rotatable bonds is 4. The van der Waals surface area contributed by atoms with E-state index in [0.29, 0.717) is 6.54 Å². The molecule has 0 unspecified atom stereocenters. The van der Waals surface area contributed by atoms with E-state index >= 15 is 0 Å². The predicted octanol–water partition coefficient (Wildman–Crippen LogP) is 1.69. The molecule has 4 rings (SSSR count). The summed E-state index contributed by atoms with van der Waals surface area (Å²) in [6.07, 6.45) is 8.67. The summed E-state index contributed by atoms with van der Waals surface area (Å²) in [7, 11) is 0. The van der Waals surface area contributed by atoms with Crippen LogP contribution in [0.5, 0.6) is 0 Å². The number of hydrogen-bond donors (Lipinski definition) is 1. The van der Waals surface area contributed by atoms with Crippen molar-refractivity contribution >= 4 is 5.91 Å². The quantitative estimate of drug-likeness (QED) is 0.888. The zero-order valence-electron chi connectivity index (χ0n) is 16.0. The lowest BCUT2D eigenvalue weighted by atomic mass is 9.88.